The van der Waals surface area contributed by atoms with Crippen molar-refractivity contribution >= 4 is 0 Å². The maximum absolute atomic E-state index is 3.58. The highest BCUT2D eigenvalue weighted by molar-refractivity contribution is 4.98. The van der Waals surface area contributed by atoms with Gasteiger partial charge in [-0.25, -0.2) is 0 Å². The molecule has 0 radical (unpaired) electrons. The van der Waals surface area contributed by atoms with Gasteiger partial charge >= 0.3 is 0 Å². The zero-order valence-electron chi connectivity index (χ0n) is 5.72. The Bertz CT molecular complexity index is 80.0. The first-order valence-electron chi connectivity index (χ1n) is 3.10. The lowest BCUT2D eigenvalue weighted by Gasteiger charge is -1.95. The van der Waals surface area contributed by atoms with E-state index in [0.29, 0.717) is 5.92 Å². The summed E-state index contributed by atoms with van der Waals surface area (Å²) >= 11 is 0. The van der Waals surface area contributed by atoms with E-state index in [-0.39, 0.29) is 0 Å². The minimum Gasteiger partial charge on any atom is -0.0991 e. The van der Waals surface area contributed by atoms with Crippen LogP contribution in [0.3, 0.4) is 0 Å². The largest absolute Gasteiger partial charge is 0.0991 e. The normalized spacial score (nSPS) is 14.2. The SMILES string of the molecule is C=C/C=C/C(C)CC. The molecular weight excluding hydrogens is 96.1 g/mol. The van der Waals surface area contributed by atoms with Crippen LogP contribution in [0, 0.1) is 5.92 Å². The summed E-state index contributed by atoms with van der Waals surface area (Å²) in [4.78, 5) is 0. The molecule has 0 aromatic heterocycles. The third-order valence-electron chi connectivity index (χ3n) is 1.22. The van der Waals surface area contributed by atoms with Crippen molar-refractivity contribution in [1.82, 2.24) is 0 Å². The summed E-state index contributed by atoms with van der Waals surface area (Å²) in [7, 11) is 0. The quantitative estimate of drug-likeness (QED) is 0.490. The molecule has 1 atom stereocenters. The molecule has 1 unspecified atom stereocenters. The maximum Gasteiger partial charge on any atom is -0.0261 e. The third kappa shape index (κ3) is 3.66. The van der Waals surface area contributed by atoms with Crippen LogP contribution < -0.4 is 0 Å². The Balaban J connectivity index is 3.35. The molecule has 0 nitrogen and oxygen atoms in total. The molecule has 0 aliphatic carbocycles. The van der Waals surface area contributed by atoms with Gasteiger partial charge in [-0.1, -0.05) is 45.1 Å². The highest BCUT2D eigenvalue weighted by Gasteiger charge is 1.86. The Hall–Kier alpha value is -0.520. The molecule has 0 aromatic rings. The van der Waals surface area contributed by atoms with Crippen LogP contribution in [0.4, 0.5) is 0 Å². The Morgan fingerprint density at radius 3 is 2.62 bits per heavy atom. The molecule has 0 saturated carbocycles. The number of allylic oxidation sites excluding steroid dienone is 3. The molecule has 0 bridgehead atoms. The second kappa shape index (κ2) is 4.63. The number of rotatable bonds is 3. The van der Waals surface area contributed by atoms with Gasteiger partial charge in [0.25, 0.3) is 0 Å². The van der Waals surface area contributed by atoms with Crippen molar-refractivity contribution in [2.45, 2.75) is 20.3 Å². The Morgan fingerprint density at radius 2 is 2.25 bits per heavy atom. The van der Waals surface area contributed by atoms with Crippen LogP contribution in [-0.2, 0) is 0 Å². The fraction of sp³-hybridized carbons (Fsp3) is 0.500. The molecule has 46 valence electrons. The van der Waals surface area contributed by atoms with E-state index in [9.17, 15) is 0 Å². The zero-order valence-corrected chi connectivity index (χ0v) is 5.72. The van der Waals surface area contributed by atoms with Gasteiger partial charge in [0.2, 0.25) is 0 Å². The van der Waals surface area contributed by atoms with Crippen molar-refractivity contribution in [1.29, 1.82) is 0 Å². The fourth-order valence-electron chi connectivity index (χ4n) is 0.404. The minimum atomic E-state index is 0.702. The van der Waals surface area contributed by atoms with Crippen molar-refractivity contribution in [3.8, 4) is 0 Å². The second-order valence-electron chi connectivity index (χ2n) is 2.01. The average molecular weight is 110 g/mol. The molecule has 0 aliphatic rings. The van der Waals surface area contributed by atoms with Gasteiger partial charge in [0, 0.05) is 0 Å². The molecule has 0 heteroatoms. The molecule has 0 spiro atoms. The molecule has 0 rings (SSSR count). The smallest absolute Gasteiger partial charge is 0.0261 e. The molecule has 0 aliphatic heterocycles. The lowest BCUT2D eigenvalue weighted by molar-refractivity contribution is 0.698. The molecule has 8 heavy (non-hydrogen) atoms. The van der Waals surface area contributed by atoms with E-state index >= 15 is 0 Å². The summed E-state index contributed by atoms with van der Waals surface area (Å²) in [6.07, 6.45) is 7.18. The summed E-state index contributed by atoms with van der Waals surface area (Å²) in [5.41, 5.74) is 0. The fourth-order valence-corrected chi connectivity index (χ4v) is 0.404. The predicted octanol–water partition coefficient (Wildman–Crippen LogP) is 2.77. The van der Waals surface area contributed by atoms with Gasteiger partial charge in [-0.05, 0) is 5.92 Å². The van der Waals surface area contributed by atoms with Gasteiger partial charge in [-0.15, -0.1) is 0 Å². The van der Waals surface area contributed by atoms with Gasteiger partial charge < -0.3 is 0 Å². The summed E-state index contributed by atoms with van der Waals surface area (Å²) in [6.45, 7) is 7.95. The average Bonchev–Trinajstić information content (AvgIpc) is 1.83. The van der Waals surface area contributed by atoms with E-state index in [0.717, 1.165) is 0 Å². The first-order chi connectivity index (χ1) is 3.81. The number of hydrogen-bond donors (Lipinski definition) is 0. The van der Waals surface area contributed by atoms with E-state index in [1.807, 2.05) is 12.2 Å². The van der Waals surface area contributed by atoms with Crippen molar-refractivity contribution in [2.24, 2.45) is 5.92 Å². The van der Waals surface area contributed by atoms with Gasteiger partial charge in [0.1, 0.15) is 0 Å². The van der Waals surface area contributed by atoms with Crippen molar-refractivity contribution < 1.29 is 0 Å². The van der Waals surface area contributed by atoms with Crippen molar-refractivity contribution in [3.63, 3.8) is 0 Å². The van der Waals surface area contributed by atoms with Crippen LogP contribution in [0.2, 0.25) is 0 Å². The third-order valence-corrected chi connectivity index (χ3v) is 1.22. The highest BCUT2D eigenvalue weighted by Crippen LogP contribution is 2.00. The van der Waals surface area contributed by atoms with Gasteiger partial charge in [-0.2, -0.15) is 0 Å². The van der Waals surface area contributed by atoms with E-state index in [1.54, 1.807) is 0 Å². The van der Waals surface area contributed by atoms with E-state index in [1.165, 1.54) is 6.42 Å². The molecule has 0 heterocycles. The second-order valence-corrected chi connectivity index (χ2v) is 2.01. The maximum atomic E-state index is 3.58. The van der Waals surface area contributed by atoms with Gasteiger partial charge in [-0.3, -0.25) is 0 Å². The molecule has 0 saturated heterocycles. The van der Waals surface area contributed by atoms with Crippen LogP contribution in [0.15, 0.2) is 24.8 Å². The minimum absolute atomic E-state index is 0.702. The van der Waals surface area contributed by atoms with E-state index < -0.39 is 0 Å². The Morgan fingerprint density at radius 1 is 1.62 bits per heavy atom. The first kappa shape index (κ1) is 7.48. The summed E-state index contributed by atoms with van der Waals surface area (Å²) in [5, 5.41) is 0. The lowest BCUT2D eigenvalue weighted by atomic mass is 10.1. The Kier molecular flexibility index (Phi) is 4.33. The monoisotopic (exact) mass is 110 g/mol. The van der Waals surface area contributed by atoms with Crippen LogP contribution >= 0.6 is 0 Å². The molecule has 0 fully saturated rings. The van der Waals surface area contributed by atoms with Gasteiger partial charge in [0.15, 0.2) is 0 Å². The molecule has 0 amide bonds. The van der Waals surface area contributed by atoms with Crippen LogP contribution in [0.1, 0.15) is 20.3 Å². The molecule has 0 aromatic carbocycles. The topological polar surface area (TPSA) is 0 Å². The standard InChI is InChI=1S/C8H14/c1-4-6-7-8(3)5-2/h4,6-8H,1,5H2,2-3H3/b7-6+. The zero-order chi connectivity index (χ0) is 6.41. The van der Waals surface area contributed by atoms with Crippen LogP contribution in [0.5, 0.6) is 0 Å². The number of hydrogen-bond acceptors (Lipinski definition) is 0. The summed E-state index contributed by atoms with van der Waals surface area (Å²) < 4.78 is 0. The van der Waals surface area contributed by atoms with Crippen LogP contribution in [-0.4, -0.2) is 0 Å². The predicted molar refractivity (Wildman–Crippen MR) is 38.8 cm³/mol. The van der Waals surface area contributed by atoms with E-state index in [4.69, 9.17) is 0 Å². The lowest BCUT2D eigenvalue weighted by Crippen LogP contribution is -1.82. The molecule has 0 N–H and O–H groups in total. The Labute approximate surface area is 51.9 Å². The summed E-state index contributed by atoms with van der Waals surface area (Å²) in [6, 6.07) is 0. The van der Waals surface area contributed by atoms with E-state index in [2.05, 4.69) is 26.5 Å². The highest BCUT2D eigenvalue weighted by atomic mass is 13.9. The van der Waals surface area contributed by atoms with Crippen LogP contribution in [0.25, 0.3) is 0 Å². The molecular formula is C8H14. The van der Waals surface area contributed by atoms with Gasteiger partial charge in [0.05, 0.1) is 0 Å². The summed E-state index contributed by atoms with van der Waals surface area (Å²) in [5.74, 6) is 0.702. The first-order valence-corrected chi connectivity index (χ1v) is 3.10. The van der Waals surface area contributed by atoms with Crippen molar-refractivity contribution in [3.05, 3.63) is 24.8 Å². The van der Waals surface area contributed by atoms with Crippen molar-refractivity contribution in [2.75, 3.05) is 0 Å².